The van der Waals surface area contributed by atoms with Crippen LogP contribution in [0.1, 0.15) is 75.6 Å². The highest BCUT2D eigenvalue weighted by molar-refractivity contribution is 6.14. The van der Waals surface area contributed by atoms with Gasteiger partial charge in [-0.25, -0.2) is 0 Å². The second-order valence-corrected chi connectivity index (χ2v) is 11.1. The Hall–Kier alpha value is -4.89. The lowest BCUT2D eigenvalue weighted by atomic mass is 9.68. The highest BCUT2D eigenvalue weighted by Gasteiger charge is 2.44. The van der Waals surface area contributed by atoms with Crippen molar-refractivity contribution in [2.45, 2.75) is 58.8 Å². The minimum atomic E-state index is -0.292. The summed E-state index contributed by atoms with van der Waals surface area (Å²) in [5, 5.41) is 4.23. The predicted molar refractivity (Wildman–Crippen MR) is 196 cm³/mol. The number of nitrogens with zero attached hydrogens (tertiary/aromatic N) is 1. The van der Waals surface area contributed by atoms with Crippen LogP contribution in [0.5, 0.6) is 0 Å². The Morgan fingerprint density at radius 3 is 2.24 bits per heavy atom. The van der Waals surface area contributed by atoms with Gasteiger partial charge in [-0.15, -0.1) is 0 Å². The van der Waals surface area contributed by atoms with Gasteiger partial charge in [0.2, 0.25) is 0 Å². The first kappa shape index (κ1) is 33.0. The van der Waals surface area contributed by atoms with E-state index in [4.69, 9.17) is 11.6 Å². The van der Waals surface area contributed by atoms with Crippen LogP contribution in [0, 0.1) is 0 Å². The number of benzene rings is 3. The van der Waals surface area contributed by atoms with Crippen molar-refractivity contribution in [1.29, 1.82) is 0 Å². The van der Waals surface area contributed by atoms with E-state index in [2.05, 4.69) is 130 Å². The van der Waals surface area contributed by atoms with E-state index in [0.29, 0.717) is 0 Å². The van der Waals surface area contributed by atoms with E-state index >= 15 is 0 Å². The molecule has 0 aromatic heterocycles. The number of hydrogen-bond acceptors (Lipinski definition) is 3. The number of allylic oxidation sites excluding steroid dienone is 13. The molecule has 230 valence electrons. The number of nitrogens with two attached hydrogens (primary N) is 2. The molecule has 1 atom stereocenters. The van der Waals surface area contributed by atoms with Crippen LogP contribution >= 0.6 is 0 Å². The average molecular weight is 594 g/mol. The zero-order valence-electron chi connectivity index (χ0n) is 27.2. The number of hydrogen-bond donors (Lipinski definition) is 2. The van der Waals surface area contributed by atoms with Gasteiger partial charge in [0.15, 0.2) is 0 Å². The average Bonchev–Trinajstić information content (AvgIpc) is 3.35. The van der Waals surface area contributed by atoms with Gasteiger partial charge in [0.25, 0.3) is 0 Å². The lowest BCUT2D eigenvalue weighted by Crippen LogP contribution is -2.27. The van der Waals surface area contributed by atoms with Crippen molar-refractivity contribution in [3.63, 3.8) is 0 Å². The summed E-state index contributed by atoms with van der Waals surface area (Å²) in [7, 11) is 0. The number of fused-ring (bicyclic) bond motifs is 3. The van der Waals surface area contributed by atoms with Gasteiger partial charge in [-0.05, 0) is 96.0 Å². The molecule has 0 radical (unpaired) electrons. The molecule has 0 spiro atoms. The fraction of sp³-hybridized carbons (Fsp3) is 0.214. The van der Waals surface area contributed by atoms with Crippen molar-refractivity contribution in [1.82, 2.24) is 0 Å². The van der Waals surface area contributed by atoms with E-state index in [0.717, 1.165) is 53.7 Å². The Labute approximate surface area is 270 Å². The molecule has 1 aliphatic carbocycles. The van der Waals surface area contributed by atoms with Gasteiger partial charge >= 0.3 is 0 Å². The van der Waals surface area contributed by atoms with E-state index in [1.165, 1.54) is 27.8 Å². The molecule has 3 aromatic rings. The van der Waals surface area contributed by atoms with Crippen molar-refractivity contribution in [2.75, 3.05) is 0 Å². The molecule has 0 saturated heterocycles. The standard InChI is InChI=1S/C42H47N3/c1-5-9-12-23-35(8-4)42(28-17-11-18-29-43)39-25-16-15-24-36(39)38-30-34(26-27-40(38)42)37(32(19-6-2)20-7-3)31-41(45-44)33-21-13-10-14-22-33/h6,9-27,29-31H,5,7-8,28,43-44H2,1-4H3/b12-9-,17-11-,19-6-,29-18-,32-20+,35-23+,37-31-,45-41+. The molecule has 3 heteroatoms. The molecule has 0 amide bonds. The van der Waals surface area contributed by atoms with Gasteiger partial charge < -0.3 is 11.6 Å². The first-order valence-corrected chi connectivity index (χ1v) is 16.1. The van der Waals surface area contributed by atoms with Crippen LogP contribution in [-0.4, -0.2) is 5.71 Å². The summed E-state index contributed by atoms with van der Waals surface area (Å²) in [6.45, 7) is 8.67. The summed E-state index contributed by atoms with van der Waals surface area (Å²) in [6, 6.07) is 26.0. The Balaban J connectivity index is 2.02. The predicted octanol–water partition coefficient (Wildman–Crippen LogP) is 10.3. The van der Waals surface area contributed by atoms with E-state index < -0.39 is 0 Å². The fourth-order valence-corrected chi connectivity index (χ4v) is 6.45. The molecule has 0 heterocycles. The highest BCUT2D eigenvalue weighted by Crippen LogP contribution is 2.56. The van der Waals surface area contributed by atoms with E-state index in [-0.39, 0.29) is 5.41 Å². The summed E-state index contributed by atoms with van der Waals surface area (Å²) < 4.78 is 0. The Morgan fingerprint density at radius 2 is 1.56 bits per heavy atom. The van der Waals surface area contributed by atoms with Crippen LogP contribution in [-0.2, 0) is 5.41 Å². The van der Waals surface area contributed by atoms with Gasteiger partial charge in [-0.1, -0.05) is 142 Å². The summed E-state index contributed by atoms with van der Waals surface area (Å²) in [4.78, 5) is 0. The SMILES string of the molecule is C\C=C/C(=C\CC)C(=C/C(=N\N)c1ccccc1)/c1ccc2c(c1)-c1ccccc1C2(C/C=C\C=C/N)/C(=C/C=C\CC)CC. The summed E-state index contributed by atoms with van der Waals surface area (Å²) in [5.74, 6) is 6.01. The maximum absolute atomic E-state index is 6.01. The normalized spacial score (nSPS) is 17.7. The molecule has 4 rings (SSSR count). The summed E-state index contributed by atoms with van der Waals surface area (Å²) in [5.41, 5.74) is 17.1. The first-order valence-electron chi connectivity index (χ1n) is 16.1. The minimum absolute atomic E-state index is 0.292. The second kappa shape index (κ2) is 16.3. The third kappa shape index (κ3) is 7.10. The van der Waals surface area contributed by atoms with Gasteiger partial charge in [0.05, 0.1) is 5.71 Å². The van der Waals surface area contributed by atoms with Crippen LogP contribution in [0.4, 0.5) is 0 Å². The lowest BCUT2D eigenvalue weighted by molar-refractivity contribution is 0.607. The molecule has 3 aromatic carbocycles. The van der Waals surface area contributed by atoms with E-state index in [1.807, 2.05) is 36.4 Å². The third-order valence-electron chi connectivity index (χ3n) is 8.42. The van der Waals surface area contributed by atoms with Crippen molar-refractivity contribution in [2.24, 2.45) is 16.7 Å². The monoisotopic (exact) mass is 593 g/mol. The molecule has 1 aliphatic rings. The van der Waals surface area contributed by atoms with Crippen molar-refractivity contribution in [3.05, 3.63) is 173 Å². The molecule has 0 bridgehead atoms. The molecule has 1 unspecified atom stereocenters. The topological polar surface area (TPSA) is 64.4 Å². The van der Waals surface area contributed by atoms with Crippen molar-refractivity contribution >= 4 is 11.3 Å². The van der Waals surface area contributed by atoms with E-state index in [9.17, 15) is 0 Å². The van der Waals surface area contributed by atoms with Gasteiger partial charge in [0.1, 0.15) is 0 Å². The maximum Gasteiger partial charge on any atom is 0.0905 e. The lowest BCUT2D eigenvalue weighted by Gasteiger charge is -2.34. The molecular formula is C42H47N3. The quantitative estimate of drug-likeness (QED) is 0.0896. The van der Waals surface area contributed by atoms with Crippen LogP contribution in [0.15, 0.2) is 156 Å². The molecule has 45 heavy (non-hydrogen) atoms. The highest BCUT2D eigenvalue weighted by atomic mass is 15.1. The van der Waals surface area contributed by atoms with Crippen molar-refractivity contribution in [3.8, 4) is 11.1 Å². The van der Waals surface area contributed by atoms with Crippen LogP contribution in [0.2, 0.25) is 0 Å². The Bertz CT molecular complexity index is 1690. The fourth-order valence-electron chi connectivity index (χ4n) is 6.45. The van der Waals surface area contributed by atoms with Gasteiger partial charge in [-0.2, -0.15) is 5.10 Å². The first-order chi connectivity index (χ1) is 22.1. The smallest absolute Gasteiger partial charge is 0.0905 e. The molecule has 3 nitrogen and oxygen atoms in total. The van der Waals surface area contributed by atoms with Crippen LogP contribution < -0.4 is 11.6 Å². The Kier molecular flexibility index (Phi) is 11.9. The number of hydrazone groups is 1. The second-order valence-electron chi connectivity index (χ2n) is 11.1. The van der Waals surface area contributed by atoms with Crippen molar-refractivity contribution < 1.29 is 0 Å². The number of rotatable bonds is 13. The third-order valence-corrected chi connectivity index (χ3v) is 8.42. The zero-order valence-corrected chi connectivity index (χ0v) is 27.2. The molecule has 0 aliphatic heterocycles. The zero-order chi connectivity index (χ0) is 32.1. The van der Waals surface area contributed by atoms with Gasteiger partial charge in [0, 0.05) is 11.0 Å². The maximum atomic E-state index is 6.01. The summed E-state index contributed by atoms with van der Waals surface area (Å²) in [6.07, 6.45) is 26.9. The molecule has 0 fully saturated rings. The molecular weight excluding hydrogens is 546 g/mol. The minimum Gasteiger partial charge on any atom is -0.405 e. The molecule has 4 N–H and O–H groups in total. The van der Waals surface area contributed by atoms with Crippen LogP contribution in [0.3, 0.4) is 0 Å². The summed E-state index contributed by atoms with van der Waals surface area (Å²) >= 11 is 0. The molecule has 0 saturated carbocycles. The van der Waals surface area contributed by atoms with Crippen LogP contribution in [0.25, 0.3) is 16.7 Å². The van der Waals surface area contributed by atoms with Gasteiger partial charge in [-0.3, -0.25) is 0 Å². The largest absolute Gasteiger partial charge is 0.405 e. The Morgan fingerprint density at radius 1 is 0.800 bits per heavy atom. The van der Waals surface area contributed by atoms with E-state index in [1.54, 1.807) is 6.20 Å².